The summed E-state index contributed by atoms with van der Waals surface area (Å²) in [4.78, 5) is 0. The molecule has 0 bridgehead atoms. The SMILES string of the molecule is CC(C)(O)C(C)(C)O[B]c1ccc2c3ccccc3n(-c3cccs3)c2c1. The van der Waals surface area contributed by atoms with Gasteiger partial charge in [0, 0.05) is 10.8 Å². The lowest BCUT2D eigenvalue weighted by molar-refractivity contribution is -0.0893. The third kappa shape index (κ3) is 3.20. The van der Waals surface area contributed by atoms with Gasteiger partial charge in [-0.1, -0.05) is 35.8 Å². The third-order valence-corrected chi connectivity index (χ3v) is 6.24. The van der Waals surface area contributed by atoms with E-state index >= 15 is 0 Å². The van der Waals surface area contributed by atoms with E-state index in [1.165, 1.54) is 21.3 Å². The predicted octanol–water partition coefficient (Wildman–Crippen LogP) is 4.66. The zero-order chi connectivity index (χ0) is 19.2. The van der Waals surface area contributed by atoms with Crippen LogP contribution in [0, 0.1) is 0 Å². The van der Waals surface area contributed by atoms with Crippen LogP contribution in [0.4, 0.5) is 0 Å². The van der Waals surface area contributed by atoms with Gasteiger partial charge in [-0.15, -0.1) is 11.3 Å². The first-order valence-electron chi connectivity index (χ1n) is 9.08. The van der Waals surface area contributed by atoms with Crippen LogP contribution < -0.4 is 5.46 Å². The summed E-state index contributed by atoms with van der Waals surface area (Å²) in [5.41, 5.74) is 1.68. The second-order valence-electron chi connectivity index (χ2n) is 7.89. The highest BCUT2D eigenvalue weighted by Crippen LogP contribution is 2.33. The van der Waals surface area contributed by atoms with Crippen LogP contribution in [-0.2, 0) is 4.65 Å². The first-order chi connectivity index (χ1) is 12.8. The first kappa shape index (κ1) is 18.3. The molecular formula is C22H23BNO2S. The van der Waals surface area contributed by atoms with Crippen molar-refractivity contribution >= 4 is 46.1 Å². The Morgan fingerprint density at radius 2 is 1.67 bits per heavy atom. The molecule has 0 spiro atoms. The van der Waals surface area contributed by atoms with E-state index in [1.54, 1.807) is 32.7 Å². The van der Waals surface area contributed by atoms with Gasteiger partial charge in [0.2, 0.25) is 0 Å². The number of aliphatic hydroxyl groups is 1. The molecule has 0 atom stereocenters. The van der Waals surface area contributed by atoms with E-state index in [0.717, 1.165) is 11.0 Å². The zero-order valence-electron chi connectivity index (χ0n) is 16.1. The average molecular weight is 376 g/mol. The van der Waals surface area contributed by atoms with Crippen LogP contribution in [0.1, 0.15) is 27.7 Å². The summed E-state index contributed by atoms with van der Waals surface area (Å²) in [5.74, 6) is 0. The number of aromatic nitrogens is 1. The topological polar surface area (TPSA) is 34.4 Å². The average Bonchev–Trinajstić information content (AvgIpc) is 3.24. The molecule has 2 heterocycles. The number of rotatable bonds is 5. The molecule has 0 amide bonds. The number of benzene rings is 2. The lowest BCUT2D eigenvalue weighted by atomic mass is 9.82. The van der Waals surface area contributed by atoms with Crippen molar-refractivity contribution in [3.8, 4) is 5.00 Å². The first-order valence-corrected chi connectivity index (χ1v) is 9.96. The molecule has 5 heteroatoms. The Morgan fingerprint density at radius 1 is 0.926 bits per heavy atom. The minimum atomic E-state index is -0.945. The van der Waals surface area contributed by atoms with E-state index in [0.29, 0.717) is 0 Å². The Hall–Kier alpha value is -2.08. The van der Waals surface area contributed by atoms with Crippen LogP contribution in [0.5, 0.6) is 0 Å². The van der Waals surface area contributed by atoms with Crippen LogP contribution in [0.15, 0.2) is 60.0 Å². The van der Waals surface area contributed by atoms with E-state index in [-0.39, 0.29) is 0 Å². The molecule has 137 valence electrons. The monoisotopic (exact) mass is 376 g/mol. The summed E-state index contributed by atoms with van der Waals surface area (Å²) in [5, 5.41) is 16.1. The van der Waals surface area contributed by atoms with Crippen molar-refractivity contribution in [1.82, 2.24) is 4.57 Å². The van der Waals surface area contributed by atoms with Crippen molar-refractivity contribution < 1.29 is 9.76 Å². The molecule has 0 aliphatic rings. The Balaban J connectivity index is 1.80. The molecule has 0 unspecified atom stereocenters. The fraction of sp³-hybridized carbons (Fsp3) is 0.273. The van der Waals surface area contributed by atoms with Crippen molar-refractivity contribution in [2.24, 2.45) is 0 Å². The van der Waals surface area contributed by atoms with E-state index in [9.17, 15) is 5.11 Å². The fourth-order valence-corrected chi connectivity index (χ4v) is 3.81. The van der Waals surface area contributed by atoms with Gasteiger partial charge in [-0.3, -0.25) is 0 Å². The maximum atomic E-state index is 10.3. The summed E-state index contributed by atoms with van der Waals surface area (Å²) in [6.07, 6.45) is 0. The molecule has 27 heavy (non-hydrogen) atoms. The molecule has 0 fully saturated rings. The Bertz CT molecular complexity index is 1090. The lowest BCUT2D eigenvalue weighted by Gasteiger charge is -2.37. The smallest absolute Gasteiger partial charge is 0.330 e. The van der Waals surface area contributed by atoms with Crippen LogP contribution >= 0.6 is 11.3 Å². The van der Waals surface area contributed by atoms with Gasteiger partial charge >= 0.3 is 7.48 Å². The second-order valence-corrected chi connectivity index (χ2v) is 8.81. The van der Waals surface area contributed by atoms with Crippen LogP contribution in [0.3, 0.4) is 0 Å². The second kappa shape index (κ2) is 6.52. The van der Waals surface area contributed by atoms with Gasteiger partial charge in [-0.2, -0.15) is 0 Å². The van der Waals surface area contributed by atoms with Crippen LogP contribution in [-0.4, -0.2) is 28.4 Å². The maximum Gasteiger partial charge on any atom is 0.330 e. The Labute approximate surface area is 164 Å². The fourth-order valence-electron chi connectivity index (χ4n) is 3.05. The van der Waals surface area contributed by atoms with Gasteiger partial charge in [0.1, 0.15) is 0 Å². The number of thiophene rings is 1. The van der Waals surface area contributed by atoms with Gasteiger partial charge in [-0.25, -0.2) is 0 Å². The van der Waals surface area contributed by atoms with Crippen LogP contribution in [0.25, 0.3) is 26.8 Å². The van der Waals surface area contributed by atoms with E-state index in [2.05, 4.69) is 64.5 Å². The number of fused-ring (bicyclic) bond motifs is 3. The summed E-state index contributed by atoms with van der Waals surface area (Å²) < 4.78 is 8.25. The third-order valence-electron chi connectivity index (χ3n) is 5.39. The molecule has 2 aromatic carbocycles. The zero-order valence-corrected chi connectivity index (χ0v) is 16.9. The highest BCUT2D eigenvalue weighted by molar-refractivity contribution is 7.12. The highest BCUT2D eigenvalue weighted by Gasteiger charge is 2.35. The van der Waals surface area contributed by atoms with Gasteiger partial charge in [0.05, 0.1) is 27.2 Å². The molecule has 0 aliphatic carbocycles. The number of nitrogens with zero attached hydrogens (tertiary/aromatic N) is 1. The molecule has 2 aromatic heterocycles. The summed E-state index contributed by atoms with van der Waals surface area (Å²) in [6.45, 7) is 7.31. The minimum absolute atomic E-state index is 0.692. The van der Waals surface area contributed by atoms with E-state index in [4.69, 9.17) is 4.65 Å². The highest BCUT2D eigenvalue weighted by atomic mass is 32.1. The molecule has 0 saturated carbocycles. The molecule has 0 aliphatic heterocycles. The lowest BCUT2D eigenvalue weighted by Crippen LogP contribution is -2.49. The van der Waals surface area contributed by atoms with E-state index < -0.39 is 11.2 Å². The van der Waals surface area contributed by atoms with Crippen molar-refractivity contribution in [3.63, 3.8) is 0 Å². The Kier molecular flexibility index (Phi) is 4.42. The normalized spacial score (nSPS) is 12.8. The quantitative estimate of drug-likeness (QED) is 0.515. The molecule has 1 N–H and O–H groups in total. The molecule has 4 rings (SSSR count). The van der Waals surface area contributed by atoms with Crippen molar-refractivity contribution in [2.75, 3.05) is 0 Å². The van der Waals surface area contributed by atoms with Crippen molar-refractivity contribution in [2.45, 2.75) is 38.9 Å². The number of hydrogen-bond donors (Lipinski definition) is 1. The maximum absolute atomic E-state index is 10.3. The van der Waals surface area contributed by atoms with Gasteiger partial charge < -0.3 is 14.3 Å². The van der Waals surface area contributed by atoms with Gasteiger partial charge in [0.25, 0.3) is 0 Å². The standard InChI is InChI=1S/C22H23BNO2S/c1-21(2,25)22(3,4)26-23-15-11-12-17-16-8-5-6-9-18(16)24(19(17)14-15)20-10-7-13-27-20/h5-14,25H,1-4H3. The molecule has 0 saturated heterocycles. The number of hydrogen-bond acceptors (Lipinski definition) is 3. The van der Waals surface area contributed by atoms with Crippen LogP contribution in [0.2, 0.25) is 0 Å². The van der Waals surface area contributed by atoms with Gasteiger partial charge in [-0.05, 0) is 57.3 Å². The minimum Gasteiger partial charge on any atom is -0.427 e. The van der Waals surface area contributed by atoms with E-state index in [1.807, 2.05) is 13.8 Å². The van der Waals surface area contributed by atoms with Crippen molar-refractivity contribution in [3.05, 3.63) is 60.0 Å². The largest absolute Gasteiger partial charge is 0.427 e. The van der Waals surface area contributed by atoms with Gasteiger partial charge in [0.15, 0.2) is 0 Å². The summed E-state index contributed by atoms with van der Waals surface area (Å²) in [6, 6.07) is 19.1. The summed E-state index contributed by atoms with van der Waals surface area (Å²) in [7, 11) is 1.74. The number of para-hydroxylation sites is 1. The molecule has 3 nitrogen and oxygen atoms in total. The molecular weight excluding hydrogens is 353 g/mol. The summed E-state index contributed by atoms with van der Waals surface area (Å²) >= 11 is 1.73. The molecule has 1 radical (unpaired) electrons. The predicted molar refractivity (Wildman–Crippen MR) is 116 cm³/mol. The Morgan fingerprint density at radius 3 is 2.37 bits per heavy atom. The van der Waals surface area contributed by atoms with Crippen molar-refractivity contribution in [1.29, 1.82) is 0 Å². The molecule has 4 aromatic rings.